The number of anilines is 3. The van der Waals surface area contributed by atoms with Gasteiger partial charge in [0, 0.05) is 56.7 Å². The van der Waals surface area contributed by atoms with Crippen LogP contribution in [0.4, 0.5) is 17.1 Å². The molecule has 5 rings (SSSR count). The fourth-order valence-electron chi connectivity index (χ4n) is 5.98. The van der Waals surface area contributed by atoms with Gasteiger partial charge in [-0.05, 0) is 82.0 Å². The number of hydrogen-bond acceptors (Lipinski definition) is 6. The summed E-state index contributed by atoms with van der Waals surface area (Å²) in [5, 5.41) is 3.64. The molecule has 0 aliphatic carbocycles. The van der Waals surface area contributed by atoms with E-state index in [-0.39, 0.29) is 23.8 Å². The minimum absolute atomic E-state index is 0.0312. The maximum absolute atomic E-state index is 13.1. The Hall–Kier alpha value is -4.24. The lowest BCUT2D eigenvalue weighted by Crippen LogP contribution is -2.47. The quantitative estimate of drug-likeness (QED) is 0.255. The van der Waals surface area contributed by atoms with Crippen LogP contribution < -0.4 is 24.8 Å². The van der Waals surface area contributed by atoms with Gasteiger partial charge in [0.25, 0.3) is 0 Å². The average molecular weight is 584 g/mol. The Kier molecular flexibility index (Phi) is 9.11. The van der Waals surface area contributed by atoms with Crippen molar-refractivity contribution in [3.63, 3.8) is 0 Å². The van der Waals surface area contributed by atoms with Gasteiger partial charge in [-0.3, -0.25) is 19.4 Å². The lowest BCUT2D eigenvalue weighted by molar-refractivity contribution is -0.137. The van der Waals surface area contributed by atoms with E-state index in [1.54, 1.807) is 36.9 Å². The van der Waals surface area contributed by atoms with Crippen LogP contribution in [0.25, 0.3) is 0 Å². The normalized spacial score (nSPS) is 16.9. The van der Waals surface area contributed by atoms with Gasteiger partial charge in [0.2, 0.25) is 17.7 Å². The second-order valence-electron chi connectivity index (χ2n) is 11.6. The zero-order chi connectivity index (χ0) is 30.6. The van der Waals surface area contributed by atoms with Crippen molar-refractivity contribution in [3.8, 4) is 5.75 Å². The second-order valence-corrected chi connectivity index (χ2v) is 11.6. The molecule has 9 nitrogen and oxygen atoms in total. The van der Waals surface area contributed by atoms with Gasteiger partial charge in [-0.15, -0.1) is 0 Å². The van der Waals surface area contributed by atoms with E-state index in [1.807, 2.05) is 60.5 Å². The molecule has 1 atom stereocenters. The van der Waals surface area contributed by atoms with Crippen LogP contribution in [0, 0.1) is 5.41 Å². The third-order valence-corrected chi connectivity index (χ3v) is 8.43. The minimum atomic E-state index is -1.15. The number of rotatable bonds is 11. The van der Waals surface area contributed by atoms with Gasteiger partial charge in [0.1, 0.15) is 11.2 Å². The highest BCUT2D eigenvalue weighted by Gasteiger charge is 2.45. The van der Waals surface area contributed by atoms with E-state index in [9.17, 15) is 14.4 Å². The topological polar surface area (TPSA) is 95.1 Å². The molecule has 2 aliphatic heterocycles. The summed E-state index contributed by atoms with van der Waals surface area (Å²) in [4.78, 5) is 48.5. The summed E-state index contributed by atoms with van der Waals surface area (Å²) < 4.78 is 6.09. The summed E-state index contributed by atoms with van der Waals surface area (Å²) in [6.07, 6.45) is 6.47. The van der Waals surface area contributed by atoms with E-state index in [4.69, 9.17) is 4.74 Å². The average Bonchev–Trinajstić information content (AvgIpc) is 3.07. The maximum atomic E-state index is 13.1. The van der Waals surface area contributed by atoms with E-state index in [0.717, 1.165) is 30.5 Å². The van der Waals surface area contributed by atoms with Crippen molar-refractivity contribution in [3.05, 3.63) is 78.1 Å². The van der Waals surface area contributed by atoms with Crippen LogP contribution in [0.3, 0.4) is 0 Å². The number of fused-ring (bicyclic) bond motifs is 2. The lowest BCUT2D eigenvalue weighted by Gasteiger charge is -2.31. The number of aryl methyl sites for hydroxylation is 1. The first-order chi connectivity index (χ1) is 20.7. The van der Waals surface area contributed by atoms with Gasteiger partial charge >= 0.3 is 0 Å². The van der Waals surface area contributed by atoms with Gasteiger partial charge in [0.05, 0.1) is 18.0 Å². The second kappa shape index (κ2) is 13.0. The molecule has 0 spiro atoms. The van der Waals surface area contributed by atoms with Crippen LogP contribution >= 0.6 is 0 Å². The predicted octanol–water partition coefficient (Wildman–Crippen LogP) is 4.91. The number of nitrogens with one attached hydrogen (secondary N) is 1. The monoisotopic (exact) mass is 583 g/mol. The van der Waals surface area contributed by atoms with Gasteiger partial charge in [-0.1, -0.05) is 24.3 Å². The van der Waals surface area contributed by atoms with Gasteiger partial charge in [-0.25, -0.2) is 0 Å². The Morgan fingerprint density at radius 2 is 1.77 bits per heavy atom. The third kappa shape index (κ3) is 6.27. The molecule has 9 heteroatoms. The zero-order valence-electron chi connectivity index (χ0n) is 25.5. The number of para-hydroxylation sites is 1. The highest BCUT2D eigenvalue weighted by Crippen LogP contribution is 2.40. The van der Waals surface area contributed by atoms with Crippen molar-refractivity contribution in [2.45, 2.75) is 52.5 Å². The smallest absolute Gasteiger partial charge is 0.242 e. The first-order valence-electron chi connectivity index (χ1n) is 15.1. The molecule has 1 unspecified atom stereocenters. The first kappa shape index (κ1) is 30.2. The summed E-state index contributed by atoms with van der Waals surface area (Å²) >= 11 is 0. The molecule has 2 aromatic carbocycles. The Bertz CT molecular complexity index is 1470. The van der Waals surface area contributed by atoms with Gasteiger partial charge < -0.3 is 24.8 Å². The maximum Gasteiger partial charge on any atom is 0.242 e. The third-order valence-electron chi connectivity index (χ3n) is 8.43. The summed E-state index contributed by atoms with van der Waals surface area (Å²) in [6.45, 7) is 7.54. The fraction of sp³-hybridized carbons (Fsp3) is 0.412. The molecule has 1 N–H and O–H groups in total. The molecule has 0 fully saturated rings. The van der Waals surface area contributed by atoms with Crippen LogP contribution in [0.5, 0.6) is 5.75 Å². The number of nitrogens with zero attached hydrogens (tertiary/aromatic N) is 4. The SMILES string of the molecule is CCN1C(=O)C(C)(C)C(=O)N(C)c2cc(OCCCNC(CCN3C(=O)CCc4ccccc43)c3cccnc3)ccc21. The van der Waals surface area contributed by atoms with Crippen LogP contribution in [0.1, 0.15) is 57.2 Å². The van der Waals surface area contributed by atoms with E-state index in [0.29, 0.717) is 49.8 Å². The summed E-state index contributed by atoms with van der Waals surface area (Å²) in [5.41, 5.74) is 3.53. The highest BCUT2D eigenvalue weighted by atomic mass is 16.5. The number of ether oxygens (including phenoxy) is 1. The number of pyridine rings is 1. The van der Waals surface area contributed by atoms with E-state index in [1.165, 1.54) is 5.56 Å². The Labute approximate surface area is 253 Å². The first-order valence-corrected chi connectivity index (χ1v) is 15.1. The van der Waals surface area contributed by atoms with Crippen molar-refractivity contribution in [1.82, 2.24) is 10.3 Å². The van der Waals surface area contributed by atoms with Crippen molar-refractivity contribution in [1.29, 1.82) is 0 Å². The number of hydrogen-bond donors (Lipinski definition) is 1. The van der Waals surface area contributed by atoms with E-state index in [2.05, 4.69) is 22.4 Å². The molecule has 0 saturated carbocycles. The largest absolute Gasteiger partial charge is 0.493 e. The van der Waals surface area contributed by atoms with E-state index < -0.39 is 5.41 Å². The Morgan fingerprint density at radius 3 is 2.53 bits per heavy atom. The molecule has 3 aromatic rings. The molecule has 226 valence electrons. The minimum Gasteiger partial charge on any atom is -0.493 e. The fourth-order valence-corrected chi connectivity index (χ4v) is 5.98. The van der Waals surface area contributed by atoms with Crippen LogP contribution in [0.15, 0.2) is 67.0 Å². The molecule has 3 heterocycles. The zero-order valence-corrected chi connectivity index (χ0v) is 25.5. The molecular weight excluding hydrogens is 542 g/mol. The Morgan fingerprint density at radius 1 is 0.953 bits per heavy atom. The van der Waals surface area contributed by atoms with Crippen molar-refractivity contribution in [2.24, 2.45) is 5.41 Å². The lowest BCUT2D eigenvalue weighted by atomic mass is 9.90. The number of amides is 3. The molecule has 2 aliphatic rings. The van der Waals surface area contributed by atoms with Crippen molar-refractivity contribution < 1.29 is 19.1 Å². The number of carbonyl (C=O) groups is 3. The molecular formula is C34H41N5O4. The predicted molar refractivity (Wildman–Crippen MR) is 168 cm³/mol. The van der Waals surface area contributed by atoms with Crippen LogP contribution in [-0.4, -0.2) is 56.0 Å². The molecule has 0 radical (unpaired) electrons. The van der Waals surface area contributed by atoms with E-state index >= 15 is 0 Å². The highest BCUT2D eigenvalue weighted by molar-refractivity contribution is 6.20. The molecule has 0 bridgehead atoms. The standard InChI is InChI=1S/C34H41N5O4/c1-5-38-29-15-14-26(22-30(29)37(4)32(41)34(2,3)33(38)42)43-21-9-19-36-27(25-11-8-18-35-23-25)17-20-39-28-12-7-6-10-24(28)13-16-31(39)40/h6-8,10-12,14-15,18,22-23,27,36H,5,9,13,16-17,19-21H2,1-4H3. The van der Waals surface area contributed by atoms with Gasteiger partial charge in [-0.2, -0.15) is 0 Å². The molecule has 43 heavy (non-hydrogen) atoms. The molecule has 1 aromatic heterocycles. The summed E-state index contributed by atoms with van der Waals surface area (Å²) in [5.74, 6) is 0.363. The molecule has 0 saturated heterocycles. The Balaban J connectivity index is 1.20. The number of carbonyl (C=O) groups excluding carboxylic acids is 3. The molecule has 3 amide bonds. The van der Waals surface area contributed by atoms with Crippen LogP contribution in [0.2, 0.25) is 0 Å². The summed E-state index contributed by atoms with van der Waals surface area (Å²) in [6, 6.07) is 17.7. The van der Waals surface area contributed by atoms with Crippen LogP contribution in [-0.2, 0) is 20.8 Å². The van der Waals surface area contributed by atoms with Crippen molar-refractivity contribution in [2.75, 3.05) is 48.0 Å². The van der Waals surface area contributed by atoms with Gasteiger partial charge in [0.15, 0.2) is 0 Å². The van der Waals surface area contributed by atoms with Crippen molar-refractivity contribution >= 4 is 34.8 Å². The number of aromatic nitrogens is 1. The summed E-state index contributed by atoms with van der Waals surface area (Å²) in [7, 11) is 1.71. The number of benzene rings is 2.